The van der Waals surface area contributed by atoms with Crippen LogP contribution in [-0.4, -0.2) is 0 Å². The first kappa shape index (κ1) is 15.1. The van der Waals surface area contributed by atoms with E-state index in [2.05, 4.69) is 58.9 Å². The predicted molar refractivity (Wildman–Crippen MR) is 94.0 cm³/mol. The van der Waals surface area contributed by atoms with Gasteiger partial charge < -0.3 is 4.42 Å². The molecule has 0 spiro atoms. The molecule has 3 rings (SSSR count). The van der Waals surface area contributed by atoms with Crippen molar-refractivity contribution in [3.63, 3.8) is 0 Å². The Morgan fingerprint density at radius 1 is 1.00 bits per heavy atom. The second-order valence-corrected chi connectivity index (χ2v) is 7.87. The van der Waals surface area contributed by atoms with Gasteiger partial charge in [-0.3, -0.25) is 0 Å². The molecule has 1 aliphatic carbocycles. The van der Waals surface area contributed by atoms with Gasteiger partial charge in [0.2, 0.25) is 0 Å². The maximum atomic E-state index is 5.44. The van der Waals surface area contributed by atoms with Gasteiger partial charge in [-0.15, -0.1) is 0 Å². The van der Waals surface area contributed by atoms with Crippen molar-refractivity contribution in [1.82, 2.24) is 0 Å². The quantitative estimate of drug-likeness (QED) is 0.643. The highest BCUT2D eigenvalue weighted by Gasteiger charge is 2.36. The molecule has 0 radical (unpaired) electrons. The van der Waals surface area contributed by atoms with E-state index in [1.165, 1.54) is 35.1 Å². The van der Waals surface area contributed by atoms with Crippen LogP contribution in [0.25, 0.3) is 11.6 Å². The molecule has 1 aliphatic rings. The lowest BCUT2D eigenvalue weighted by atomic mass is 9.63. The SMILES string of the molecule is C/C(=C\c1ccco1)c1ccc2c(c1)C(C)(C)CCC2(C)C. The molecule has 1 aromatic heterocycles. The summed E-state index contributed by atoms with van der Waals surface area (Å²) < 4.78 is 5.44. The van der Waals surface area contributed by atoms with Crippen LogP contribution in [0.2, 0.25) is 0 Å². The van der Waals surface area contributed by atoms with Crippen molar-refractivity contribution in [2.24, 2.45) is 0 Å². The Morgan fingerprint density at radius 2 is 1.68 bits per heavy atom. The molecule has 0 unspecified atom stereocenters. The van der Waals surface area contributed by atoms with Crippen LogP contribution in [-0.2, 0) is 10.8 Å². The molecule has 1 heterocycles. The highest BCUT2D eigenvalue weighted by molar-refractivity contribution is 5.79. The number of allylic oxidation sites excluding steroid dienone is 1. The molecule has 0 saturated carbocycles. The average Bonchev–Trinajstić information content (AvgIpc) is 2.96. The van der Waals surface area contributed by atoms with Gasteiger partial charge >= 0.3 is 0 Å². The minimum atomic E-state index is 0.256. The largest absolute Gasteiger partial charge is 0.465 e. The van der Waals surface area contributed by atoms with Crippen molar-refractivity contribution in [3.05, 3.63) is 59.0 Å². The molecular weight excluding hydrogens is 268 g/mol. The zero-order valence-electron chi connectivity index (χ0n) is 14.4. The lowest BCUT2D eigenvalue weighted by Crippen LogP contribution is -2.33. The fraction of sp³-hybridized carbons (Fsp3) is 0.429. The van der Waals surface area contributed by atoms with Crippen LogP contribution >= 0.6 is 0 Å². The summed E-state index contributed by atoms with van der Waals surface area (Å²) in [5.41, 5.74) is 6.10. The first-order chi connectivity index (χ1) is 10.3. The Morgan fingerprint density at radius 3 is 2.32 bits per heavy atom. The number of hydrogen-bond acceptors (Lipinski definition) is 1. The molecule has 0 amide bonds. The Hall–Kier alpha value is -1.76. The standard InChI is InChI=1S/C21H26O/c1-15(13-17-7-6-12-22-17)16-8-9-18-19(14-16)21(4,5)11-10-20(18,2)3/h6-9,12-14H,10-11H2,1-5H3/b15-13+. The van der Waals surface area contributed by atoms with Crippen LogP contribution in [0, 0.1) is 0 Å². The number of hydrogen-bond donors (Lipinski definition) is 0. The van der Waals surface area contributed by atoms with Gasteiger partial charge in [0.05, 0.1) is 6.26 Å². The van der Waals surface area contributed by atoms with Crippen LogP contribution in [0.1, 0.15) is 69.9 Å². The molecule has 0 atom stereocenters. The number of furan rings is 1. The average molecular weight is 294 g/mol. The van der Waals surface area contributed by atoms with Gasteiger partial charge in [-0.05, 0) is 71.1 Å². The third-order valence-electron chi connectivity index (χ3n) is 5.21. The van der Waals surface area contributed by atoms with Crippen LogP contribution in [0.3, 0.4) is 0 Å². The maximum absolute atomic E-state index is 5.44. The van der Waals surface area contributed by atoms with Crippen LogP contribution in [0.5, 0.6) is 0 Å². The molecule has 2 aromatic rings. The minimum Gasteiger partial charge on any atom is -0.465 e. The second kappa shape index (κ2) is 5.15. The highest BCUT2D eigenvalue weighted by atomic mass is 16.3. The lowest BCUT2D eigenvalue weighted by Gasteiger charge is -2.42. The van der Waals surface area contributed by atoms with Crippen molar-refractivity contribution in [2.45, 2.75) is 58.3 Å². The van der Waals surface area contributed by atoms with Gasteiger partial charge in [-0.25, -0.2) is 0 Å². The summed E-state index contributed by atoms with van der Waals surface area (Å²) in [4.78, 5) is 0. The normalized spacial score (nSPS) is 19.8. The minimum absolute atomic E-state index is 0.256. The predicted octanol–water partition coefficient (Wildman–Crippen LogP) is 6.19. The second-order valence-electron chi connectivity index (χ2n) is 7.87. The Bertz CT molecular complexity index is 700. The summed E-state index contributed by atoms with van der Waals surface area (Å²) in [5.74, 6) is 0.912. The van der Waals surface area contributed by atoms with E-state index in [-0.39, 0.29) is 10.8 Å². The van der Waals surface area contributed by atoms with E-state index >= 15 is 0 Å². The van der Waals surface area contributed by atoms with Gasteiger partial charge in [-0.1, -0.05) is 45.9 Å². The van der Waals surface area contributed by atoms with E-state index < -0.39 is 0 Å². The zero-order valence-corrected chi connectivity index (χ0v) is 14.4. The van der Waals surface area contributed by atoms with Crippen molar-refractivity contribution in [1.29, 1.82) is 0 Å². The molecule has 1 aromatic carbocycles. The van der Waals surface area contributed by atoms with Crippen molar-refractivity contribution >= 4 is 11.6 Å². The van der Waals surface area contributed by atoms with Crippen molar-refractivity contribution in [3.8, 4) is 0 Å². The van der Waals surface area contributed by atoms with Gasteiger partial charge in [0.25, 0.3) is 0 Å². The van der Waals surface area contributed by atoms with Gasteiger partial charge in [0.1, 0.15) is 5.76 Å². The molecule has 0 N–H and O–H groups in total. The smallest absolute Gasteiger partial charge is 0.126 e. The molecule has 0 aliphatic heterocycles. The number of rotatable bonds is 2. The topological polar surface area (TPSA) is 13.1 Å². The fourth-order valence-corrected chi connectivity index (χ4v) is 3.50. The zero-order chi connectivity index (χ0) is 16.0. The molecule has 1 nitrogen and oxygen atoms in total. The Kier molecular flexibility index (Phi) is 3.55. The van der Waals surface area contributed by atoms with Gasteiger partial charge in [0.15, 0.2) is 0 Å². The fourth-order valence-electron chi connectivity index (χ4n) is 3.50. The first-order valence-electron chi connectivity index (χ1n) is 8.17. The van der Waals surface area contributed by atoms with Crippen molar-refractivity contribution in [2.75, 3.05) is 0 Å². The Balaban J connectivity index is 2.06. The molecule has 0 fully saturated rings. The molecular formula is C21H26O. The summed E-state index contributed by atoms with van der Waals surface area (Å²) >= 11 is 0. The highest BCUT2D eigenvalue weighted by Crippen LogP contribution is 2.46. The van der Waals surface area contributed by atoms with Crippen LogP contribution < -0.4 is 0 Å². The molecule has 1 heteroatoms. The van der Waals surface area contributed by atoms with E-state index in [4.69, 9.17) is 4.42 Å². The third kappa shape index (κ3) is 2.65. The molecule has 116 valence electrons. The lowest BCUT2D eigenvalue weighted by molar-refractivity contribution is 0.332. The molecule has 0 saturated heterocycles. The first-order valence-corrected chi connectivity index (χ1v) is 8.17. The summed E-state index contributed by atoms with van der Waals surface area (Å²) in [6.07, 6.45) is 6.34. The van der Waals surface area contributed by atoms with Crippen LogP contribution in [0.15, 0.2) is 41.0 Å². The monoisotopic (exact) mass is 294 g/mol. The summed E-state index contributed by atoms with van der Waals surface area (Å²) in [6.45, 7) is 11.6. The molecule has 0 bridgehead atoms. The van der Waals surface area contributed by atoms with E-state index in [1.54, 1.807) is 6.26 Å². The summed E-state index contributed by atoms with van der Waals surface area (Å²) in [5, 5.41) is 0. The number of fused-ring (bicyclic) bond motifs is 1. The third-order valence-corrected chi connectivity index (χ3v) is 5.21. The number of benzene rings is 1. The van der Waals surface area contributed by atoms with Crippen LogP contribution in [0.4, 0.5) is 0 Å². The van der Waals surface area contributed by atoms with E-state index in [1.807, 2.05) is 12.1 Å². The summed E-state index contributed by atoms with van der Waals surface area (Å²) in [6, 6.07) is 10.9. The van der Waals surface area contributed by atoms with Crippen molar-refractivity contribution < 1.29 is 4.42 Å². The maximum Gasteiger partial charge on any atom is 0.126 e. The van der Waals surface area contributed by atoms with E-state index in [0.717, 1.165) is 5.76 Å². The Labute approximate surface area is 134 Å². The van der Waals surface area contributed by atoms with Gasteiger partial charge in [-0.2, -0.15) is 0 Å². The van der Waals surface area contributed by atoms with E-state index in [0.29, 0.717) is 0 Å². The van der Waals surface area contributed by atoms with E-state index in [9.17, 15) is 0 Å². The molecule has 22 heavy (non-hydrogen) atoms. The summed E-state index contributed by atoms with van der Waals surface area (Å²) in [7, 11) is 0. The van der Waals surface area contributed by atoms with Gasteiger partial charge in [0, 0.05) is 0 Å².